The van der Waals surface area contributed by atoms with Crippen molar-refractivity contribution in [2.24, 2.45) is 0 Å². The van der Waals surface area contributed by atoms with Crippen LogP contribution in [0.15, 0.2) is 30.3 Å². The first-order valence-corrected chi connectivity index (χ1v) is 9.91. The zero-order valence-electron chi connectivity index (χ0n) is 17.2. The van der Waals surface area contributed by atoms with Gasteiger partial charge >= 0.3 is 5.97 Å². The monoisotopic (exact) mass is 374 g/mol. The van der Waals surface area contributed by atoms with E-state index < -0.39 is 0 Å². The van der Waals surface area contributed by atoms with Crippen LogP contribution in [-0.4, -0.2) is 61.0 Å². The van der Waals surface area contributed by atoms with E-state index in [2.05, 4.69) is 18.7 Å². The van der Waals surface area contributed by atoms with Gasteiger partial charge in [0.2, 0.25) is 5.91 Å². The molecule has 150 valence electrons. The van der Waals surface area contributed by atoms with Gasteiger partial charge in [-0.3, -0.25) is 9.59 Å². The van der Waals surface area contributed by atoms with Gasteiger partial charge in [-0.25, -0.2) is 0 Å². The molecular formula is C22H34N2O3. The molecule has 0 aliphatic rings. The van der Waals surface area contributed by atoms with Crippen molar-refractivity contribution in [3.8, 4) is 0 Å². The second kappa shape index (κ2) is 13.1. The predicted octanol–water partition coefficient (Wildman–Crippen LogP) is 3.52. The average molecular weight is 375 g/mol. The normalized spacial score (nSPS) is 11.1. The summed E-state index contributed by atoms with van der Waals surface area (Å²) in [5.41, 5.74) is 2.17. The molecule has 0 saturated carbocycles. The zero-order chi connectivity index (χ0) is 20.1. The van der Waals surface area contributed by atoms with Crippen LogP contribution in [0.2, 0.25) is 0 Å². The third-order valence-corrected chi connectivity index (χ3v) is 4.50. The molecule has 0 N–H and O–H groups in total. The highest BCUT2D eigenvalue weighted by molar-refractivity contribution is 5.92. The van der Waals surface area contributed by atoms with Crippen molar-refractivity contribution in [2.75, 3.05) is 39.3 Å². The van der Waals surface area contributed by atoms with Crippen molar-refractivity contribution in [1.82, 2.24) is 9.80 Å². The quantitative estimate of drug-likeness (QED) is 0.415. The number of carbonyl (C=O) groups is 2. The smallest absolute Gasteiger partial charge is 0.307 e. The Morgan fingerprint density at radius 1 is 1.00 bits per heavy atom. The second-order valence-corrected chi connectivity index (χ2v) is 6.50. The summed E-state index contributed by atoms with van der Waals surface area (Å²) in [7, 11) is 0. The van der Waals surface area contributed by atoms with Crippen LogP contribution in [0.4, 0.5) is 0 Å². The van der Waals surface area contributed by atoms with Crippen LogP contribution in [0.25, 0.3) is 6.08 Å². The van der Waals surface area contributed by atoms with Gasteiger partial charge in [-0.05, 0) is 51.5 Å². The molecule has 27 heavy (non-hydrogen) atoms. The highest BCUT2D eigenvalue weighted by atomic mass is 16.5. The van der Waals surface area contributed by atoms with Gasteiger partial charge in [0.05, 0.1) is 13.0 Å². The molecule has 1 rings (SSSR count). The number of aryl methyl sites for hydroxylation is 1. The molecule has 5 heteroatoms. The highest BCUT2D eigenvalue weighted by Crippen LogP contribution is 2.07. The molecule has 0 aromatic heterocycles. The Labute approximate surface area is 164 Å². The molecule has 1 aromatic rings. The molecule has 0 saturated heterocycles. The van der Waals surface area contributed by atoms with E-state index in [9.17, 15) is 9.59 Å². The van der Waals surface area contributed by atoms with Crippen LogP contribution in [0.3, 0.4) is 0 Å². The summed E-state index contributed by atoms with van der Waals surface area (Å²) >= 11 is 0. The summed E-state index contributed by atoms with van der Waals surface area (Å²) in [4.78, 5) is 28.4. The van der Waals surface area contributed by atoms with Crippen molar-refractivity contribution >= 4 is 18.0 Å². The van der Waals surface area contributed by atoms with E-state index in [1.165, 1.54) is 5.56 Å². The Bertz CT molecular complexity index is 592. The lowest BCUT2D eigenvalue weighted by atomic mass is 10.1. The van der Waals surface area contributed by atoms with Crippen LogP contribution in [0.1, 0.15) is 44.7 Å². The third kappa shape index (κ3) is 9.38. The minimum absolute atomic E-state index is 0.0700. The average Bonchev–Trinajstić information content (AvgIpc) is 2.67. The summed E-state index contributed by atoms with van der Waals surface area (Å²) in [5, 5.41) is 0. The largest absolute Gasteiger partial charge is 0.466 e. The highest BCUT2D eigenvalue weighted by Gasteiger charge is 2.13. The molecule has 0 heterocycles. The fourth-order valence-corrected chi connectivity index (χ4v) is 2.77. The molecule has 0 aliphatic carbocycles. The van der Waals surface area contributed by atoms with Crippen LogP contribution in [-0.2, 0) is 14.3 Å². The van der Waals surface area contributed by atoms with Gasteiger partial charge in [-0.2, -0.15) is 0 Å². The molecule has 0 fully saturated rings. The second-order valence-electron chi connectivity index (χ2n) is 6.50. The van der Waals surface area contributed by atoms with Crippen LogP contribution in [0, 0.1) is 6.92 Å². The Kier molecular flexibility index (Phi) is 11.1. The van der Waals surface area contributed by atoms with Gasteiger partial charge in [-0.1, -0.05) is 43.7 Å². The maximum Gasteiger partial charge on any atom is 0.307 e. The SMILES string of the molecule is CCOC(=O)CCN(CCCN(CC)CC)C(=O)/C=C/c1ccc(C)cc1. The van der Waals surface area contributed by atoms with Crippen LogP contribution < -0.4 is 0 Å². The Morgan fingerprint density at radius 3 is 2.26 bits per heavy atom. The van der Waals surface area contributed by atoms with Gasteiger partial charge < -0.3 is 14.5 Å². The Morgan fingerprint density at radius 2 is 1.67 bits per heavy atom. The van der Waals surface area contributed by atoms with Crippen molar-refractivity contribution in [3.05, 3.63) is 41.5 Å². The summed E-state index contributed by atoms with van der Waals surface area (Å²) < 4.78 is 4.99. The van der Waals surface area contributed by atoms with Gasteiger partial charge in [0.1, 0.15) is 0 Å². The number of ether oxygens (including phenoxy) is 1. The first kappa shape index (κ1) is 22.9. The van der Waals surface area contributed by atoms with Gasteiger partial charge in [0, 0.05) is 19.2 Å². The van der Waals surface area contributed by atoms with E-state index in [4.69, 9.17) is 4.74 Å². The van der Waals surface area contributed by atoms with E-state index in [0.717, 1.165) is 31.6 Å². The third-order valence-electron chi connectivity index (χ3n) is 4.50. The van der Waals surface area contributed by atoms with Crippen molar-refractivity contribution in [3.63, 3.8) is 0 Å². The summed E-state index contributed by atoms with van der Waals surface area (Å²) in [6.45, 7) is 12.4. The first-order chi connectivity index (χ1) is 13.0. The maximum atomic E-state index is 12.6. The number of hydrogen-bond acceptors (Lipinski definition) is 4. The Hall–Kier alpha value is -2.14. The molecule has 0 unspecified atom stereocenters. The topological polar surface area (TPSA) is 49.9 Å². The molecule has 0 bridgehead atoms. The lowest BCUT2D eigenvalue weighted by molar-refractivity contribution is -0.143. The van der Waals surface area contributed by atoms with E-state index in [1.54, 1.807) is 17.9 Å². The van der Waals surface area contributed by atoms with E-state index in [0.29, 0.717) is 19.7 Å². The molecule has 1 amide bonds. The number of rotatable bonds is 12. The predicted molar refractivity (Wildman–Crippen MR) is 110 cm³/mol. The van der Waals surface area contributed by atoms with Gasteiger partial charge in [0.15, 0.2) is 0 Å². The number of nitrogens with zero attached hydrogens (tertiary/aromatic N) is 2. The first-order valence-electron chi connectivity index (χ1n) is 9.91. The molecular weight excluding hydrogens is 340 g/mol. The van der Waals surface area contributed by atoms with Crippen LogP contribution in [0.5, 0.6) is 0 Å². The molecule has 0 atom stereocenters. The molecule has 0 radical (unpaired) electrons. The molecule has 0 spiro atoms. The lowest BCUT2D eigenvalue weighted by Gasteiger charge is -2.23. The summed E-state index contributed by atoms with van der Waals surface area (Å²) in [6, 6.07) is 8.02. The molecule has 0 aliphatic heterocycles. The van der Waals surface area contributed by atoms with Crippen molar-refractivity contribution < 1.29 is 14.3 Å². The van der Waals surface area contributed by atoms with Gasteiger partial charge in [0.25, 0.3) is 0 Å². The zero-order valence-corrected chi connectivity index (χ0v) is 17.2. The lowest BCUT2D eigenvalue weighted by Crippen LogP contribution is -2.35. The number of hydrogen-bond donors (Lipinski definition) is 0. The van der Waals surface area contributed by atoms with E-state index >= 15 is 0 Å². The maximum absolute atomic E-state index is 12.6. The van der Waals surface area contributed by atoms with E-state index in [1.807, 2.05) is 37.3 Å². The van der Waals surface area contributed by atoms with Gasteiger partial charge in [-0.15, -0.1) is 0 Å². The number of amides is 1. The fraction of sp³-hybridized carbons (Fsp3) is 0.545. The number of benzene rings is 1. The van der Waals surface area contributed by atoms with Crippen molar-refractivity contribution in [1.29, 1.82) is 0 Å². The minimum Gasteiger partial charge on any atom is -0.466 e. The minimum atomic E-state index is -0.262. The number of esters is 1. The van der Waals surface area contributed by atoms with Crippen LogP contribution >= 0.6 is 0 Å². The Balaban J connectivity index is 2.67. The number of carbonyl (C=O) groups excluding carboxylic acids is 2. The summed E-state index contributed by atoms with van der Waals surface area (Å²) in [6.07, 6.45) is 4.52. The van der Waals surface area contributed by atoms with E-state index in [-0.39, 0.29) is 18.3 Å². The molecule has 1 aromatic carbocycles. The molecule has 5 nitrogen and oxygen atoms in total. The van der Waals surface area contributed by atoms with Crippen molar-refractivity contribution in [2.45, 2.75) is 40.5 Å². The fourth-order valence-electron chi connectivity index (χ4n) is 2.77. The summed E-state index contributed by atoms with van der Waals surface area (Å²) in [5.74, 6) is -0.332. The standard InChI is InChI=1S/C22H34N2O3/c1-5-23(6-2)16-8-17-24(18-15-22(26)27-7-3)21(25)14-13-20-11-9-19(4)10-12-20/h9-14H,5-8,15-18H2,1-4H3/b14-13+.